The lowest BCUT2D eigenvalue weighted by molar-refractivity contribution is -0.116. The molecule has 3 N–H and O–H groups in total. The summed E-state index contributed by atoms with van der Waals surface area (Å²) in [5.74, 6) is -0.0607. The predicted molar refractivity (Wildman–Crippen MR) is 112 cm³/mol. The maximum atomic E-state index is 12.3. The Kier molecular flexibility index (Phi) is 8.46. The van der Waals surface area contributed by atoms with Gasteiger partial charge in [-0.1, -0.05) is 48.7 Å². The Morgan fingerprint density at radius 3 is 2.26 bits per heavy atom. The second-order valence-corrected chi connectivity index (χ2v) is 6.69. The van der Waals surface area contributed by atoms with Crippen molar-refractivity contribution in [2.45, 2.75) is 39.0 Å². The molecule has 0 saturated heterocycles. The van der Waals surface area contributed by atoms with Crippen LogP contribution in [0, 0.1) is 6.92 Å². The number of carbonyl (C=O) groups excluding carboxylic acids is 2. The van der Waals surface area contributed by atoms with E-state index in [0.717, 1.165) is 31.2 Å². The molecule has 142 valence electrons. The molecule has 0 fully saturated rings. The number of carbonyl (C=O) groups is 2. The maximum Gasteiger partial charge on any atom is 0.224 e. The van der Waals surface area contributed by atoms with Gasteiger partial charge in [-0.2, -0.15) is 0 Å². The van der Waals surface area contributed by atoms with Crippen molar-refractivity contribution in [2.75, 3.05) is 11.9 Å². The molecule has 0 bridgehead atoms. The first kappa shape index (κ1) is 20.6. The first-order chi connectivity index (χ1) is 13.1. The van der Waals surface area contributed by atoms with Crippen LogP contribution in [0.1, 0.15) is 53.6 Å². The molecule has 0 unspecified atom stereocenters. The SMILES string of the molecule is Cc1ccc(/C=C/C(=O)c2ccc(NC(=O)CCCCCCN)cc2)cc1. The third kappa shape index (κ3) is 7.59. The van der Waals surface area contributed by atoms with Crippen molar-refractivity contribution in [1.29, 1.82) is 0 Å². The number of ketones is 1. The van der Waals surface area contributed by atoms with E-state index >= 15 is 0 Å². The molecule has 0 saturated carbocycles. The summed E-state index contributed by atoms with van der Waals surface area (Å²) in [4.78, 5) is 24.2. The average molecular weight is 364 g/mol. The van der Waals surface area contributed by atoms with Gasteiger partial charge in [-0.3, -0.25) is 9.59 Å². The van der Waals surface area contributed by atoms with E-state index in [2.05, 4.69) is 5.32 Å². The lowest BCUT2D eigenvalue weighted by Crippen LogP contribution is -2.11. The Morgan fingerprint density at radius 1 is 0.926 bits per heavy atom. The summed E-state index contributed by atoms with van der Waals surface area (Å²) in [6.07, 6.45) is 7.84. The van der Waals surface area contributed by atoms with Gasteiger partial charge in [0, 0.05) is 17.7 Å². The Balaban J connectivity index is 1.82. The number of benzene rings is 2. The van der Waals surface area contributed by atoms with Gasteiger partial charge in [0.2, 0.25) is 5.91 Å². The van der Waals surface area contributed by atoms with E-state index in [-0.39, 0.29) is 11.7 Å². The van der Waals surface area contributed by atoms with Gasteiger partial charge in [0.25, 0.3) is 0 Å². The van der Waals surface area contributed by atoms with Crippen molar-refractivity contribution in [3.05, 3.63) is 71.3 Å². The fourth-order valence-corrected chi connectivity index (χ4v) is 2.67. The normalized spacial score (nSPS) is 10.9. The summed E-state index contributed by atoms with van der Waals surface area (Å²) in [6.45, 7) is 2.73. The molecule has 0 heterocycles. The van der Waals surface area contributed by atoms with Crippen molar-refractivity contribution in [3.8, 4) is 0 Å². The molecule has 0 aromatic heterocycles. The number of aryl methyl sites for hydroxylation is 1. The Labute approximate surface area is 161 Å². The van der Waals surface area contributed by atoms with Crippen LogP contribution in [-0.2, 0) is 4.79 Å². The van der Waals surface area contributed by atoms with E-state index < -0.39 is 0 Å². The van der Waals surface area contributed by atoms with E-state index in [9.17, 15) is 9.59 Å². The van der Waals surface area contributed by atoms with E-state index in [4.69, 9.17) is 5.73 Å². The largest absolute Gasteiger partial charge is 0.330 e. The third-order valence-corrected chi connectivity index (χ3v) is 4.32. The van der Waals surface area contributed by atoms with Crippen LogP contribution in [-0.4, -0.2) is 18.2 Å². The van der Waals surface area contributed by atoms with Crippen LogP contribution in [0.3, 0.4) is 0 Å². The van der Waals surface area contributed by atoms with Gasteiger partial charge in [0.15, 0.2) is 5.78 Å². The summed E-state index contributed by atoms with van der Waals surface area (Å²) < 4.78 is 0. The lowest BCUT2D eigenvalue weighted by atomic mass is 10.1. The van der Waals surface area contributed by atoms with Crippen LogP contribution < -0.4 is 11.1 Å². The van der Waals surface area contributed by atoms with Gasteiger partial charge >= 0.3 is 0 Å². The van der Waals surface area contributed by atoms with Crippen LogP contribution in [0.2, 0.25) is 0 Å². The smallest absolute Gasteiger partial charge is 0.224 e. The number of nitrogens with one attached hydrogen (secondary N) is 1. The van der Waals surface area contributed by atoms with Gasteiger partial charge in [-0.25, -0.2) is 0 Å². The minimum Gasteiger partial charge on any atom is -0.330 e. The number of rotatable bonds is 10. The highest BCUT2D eigenvalue weighted by molar-refractivity contribution is 6.07. The van der Waals surface area contributed by atoms with Crippen LogP contribution in [0.5, 0.6) is 0 Å². The molecule has 2 aromatic carbocycles. The Morgan fingerprint density at radius 2 is 1.59 bits per heavy atom. The van der Waals surface area contributed by atoms with E-state index in [1.807, 2.05) is 37.3 Å². The number of unbranched alkanes of at least 4 members (excludes halogenated alkanes) is 3. The fourth-order valence-electron chi connectivity index (χ4n) is 2.67. The Hall–Kier alpha value is -2.72. The summed E-state index contributed by atoms with van der Waals surface area (Å²) in [7, 11) is 0. The minimum atomic E-state index is -0.0617. The first-order valence-corrected chi connectivity index (χ1v) is 9.47. The number of amides is 1. The number of hydrogen-bond donors (Lipinski definition) is 2. The van der Waals surface area contributed by atoms with Gasteiger partial charge in [-0.05, 0) is 62.2 Å². The average Bonchev–Trinajstić information content (AvgIpc) is 2.68. The van der Waals surface area contributed by atoms with Crippen molar-refractivity contribution < 1.29 is 9.59 Å². The van der Waals surface area contributed by atoms with Crippen molar-refractivity contribution in [1.82, 2.24) is 0 Å². The zero-order chi connectivity index (χ0) is 19.5. The molecule has 2 aromatic rings. The first-order valence-electron chi connectivity index (χ1n) is 9.47. The number of allylic oxidation sites excluding steroid dienone is 1. The molecule has 0 aliphatic rings. The van der Waals surface area contributed by atoms with Gasteiger partial charge in [0.1, 0.15) is 0 Å². The topological polar surface area (TPSA) is 72.2 Å². The molecule has 4 nitrogen and oxygen atoms in total. The molecular weight excluding hydrogens is 336 g/mol. The lowest BCUT2D eigenvalue weighted by Gasteiger charge is -2.06. The fraction of sp³-hybridized carbons (Fsp3) is 0.304. The maximum absolute atomic E-state index is 12.3. The molecular formula is C23H28N2O2. The quantitative estimate of drug-likeness (QED) is 0.363. The summed E-state index contributed by atoms with van der Waals surface area (Å²) in [5, 5.41) is 2.87. The van der Waals surface area contributed by atoms with Crippen molar-refractivity contribution in [2.24, 2.45) is 5.73 Å². The summed E-state index contributed by atoms with van der Waals surface area (Å²) in [6, 6.07) is 15.0. The monoisotopic (exact) mass is 364 g/mol. The van der Waals surface area contributed by atoms with Crippen LogP contribution in [0.15, 0.2) is 54.6 Å². The zero-order valence-corrected chi connectivity index (χ0v) is 15.9. The third-order valence-electron chi connectivity index (χ3n) is 4.32. The minimum absolute atomic E-state index is 0.00101. The summed E-state index contributed by atoms with van der Waals surface area (Å²) in [5.41, 5.74) is 8.93. The molecule has 4 heteroatoms. The summed E-state index contributed by atoms with van der Waals surface area (Å²) >= 11 is 0. The zero-order valence-electron chi connectivity index (χ0n) is 15.9. The second kappa shape index (κ2) is 11.1. The van der Waals surface area contributed by atoms with E-state index in [1.54, 1.807) is 30.3 Å². The second-order valence-electron chi connectivity index (χ2n) is 6.69. The molecule has 0 atom stereocenters. The standard InChI is InChI=1S/C23H28N2O2/c1-18-7-9-19(10-8-18)11-16-22(26)20-12-14-21(15-13-20)25-23(27)6-4-2-3-5-17-24/h7-16H,2-6,17,24H2,1H3,(H,25,27)/b16-11+. The molecule has 0 spiro atoms. The van der Waals surface area contributed by atoms with E-state index in [0.29, 0.717) is 24.2 Å². The van der Waals surface area contributed by atoms with Crippen molar-refractivity contribution >= 4 is 23.5 Å². The number of nitrogens with two attached hydrogens (primary N) is 1. The highest BCUT2D eigenvalue weighted by Crippen LogP contribution is 2.13. The van der Waals surface area contributed by atoms with Gasteiger partial charge < -0.3 is 11.1 Å². The number of anilines is 1. The van der Waals surface area contributed by atoms with Gasteiger partial charge in [0.05, 0.1) is 0 Å². The predicted octanol–water partition coefficient (Wildman–Crippen LogP) is 4.74. The van der Waals surface area contributed by atoms with Crippen LogP contribution in [0.25, 0.3) is 6.08 Å². The highest BCUT2D eigenvalue weighted by Gasteiger charge is 2.05. The molecule has 0 radical (unpaired) electrons. The van der Waals surface area contributed by atoms with Crippen molar-refractivity contribution in [3.63, 3.8) is 0 Å². The highest BCUT2D eigenvalue weighted by atomic mass is 16.1. The van der Waals surface area contributed by atoms with Crippen LogP contribution in [0.4, 0.5) is 5.69 Å². The number of hydrogen-bond acceptors (Lipinski definition) is 3. The molecule has 0 aliphatic heterocycles. The van der Waals surface area contributed by atoms with E-state index in [1.165, 1.54) is 5.56 Å². The molecule has 27 heavy (non-hydrogen) atoms. The molecule has 0 aliphatic carbocycles. The Bertz CT molecular complexity index is 762. The van der Waals surface area contributed by atoms with Gasteiger partial charge in [-0.15, -0.1) is 0 Å². The van der Waals surface area contributed by atoms with Crippen LogP contribution >= 0.6 is 0 Å². The molecule has 2 rings (SSSR count). The molecule has 1 amide bonds.